The zero-order valence-electron chi connectivity index (χ0n) is 13.6. The first kappa shape index (κ1) is 18.0. The first-order valence-corrected chi connectivity index (χ1v) is 8.24. The Hall–Kier alpha value is -1.30. The predicted octanol–water partition coefficient (Wildman–Crippen LogP) is 2.42. The summed E-state index contributed by atoms with van der Waals surface area (Å²) in [6.45, 7) is 5.80. The number of para-hydroxylation sites is 2. The first-order chi connectivity index (χ1) is 10.8. The molecule has 0 radical (unpaired) electrons. The molecule has 0 bridgehead atoms. The summed E-state index contributed by atoms with van der Waals surface area (Å²) in [6, 6.07) is 8.07. The summed E-state index contributed by atoms with van der Waals surface area (Å²) in [7, 11) is 0. The molecule has 0 aromatic heterocycles. The van der Waals surface area contributed by atoms with Crippen LogP contribution in [0.2, 0.25) is 0 Å². The highest BCUT2D eigenvalue weighted by Gasteiger charge is 2.46. The number of amides is 1. The number of halogens is 1. The minimum absolute atomic E-state index is 0. The van der Waals surface area contributed by atoms with Gasteiger partial charge in [-0.05, 0) is 44.5 Å². The van der Waals surface area contributed by atoms with Gasteiger partial charge in [0.25, 0.3) is 5.91 Å². The molecule has 2 N–H and O–H groups in total. The molecule has 1 aromatic carbocycles. The summed E-state index contributed by atoms with van der Waals surface area (Å²) >= 11 is 0. The number of benzene rings is 1. The third kappa shape index (κ3) is 3.62. The van der Waals surface area contributed by atoms with Gasteiger partial charge in [0, 0.05) is 13.2 Å². The number of carbonyl (C=O) groups excluding carboxylic acids is 1. The topological polar surface area (TPSA) is 53.6 Å². The van der Waals surface area contributed by atoms with Crippen molar-refractivity contribution in [1.82, 2.24) is 5.32 Å². The van der Waals surface area contributed by atoms with Crippen LogP contribution in [0.5, 0.6) is 0 Å². The van der Waals surface area contributed by atoms with Gasteiger partial charge in [0.2, 0.25) is 0 Å². The molecule has 128 valence electrons. The lowest BCUT2D eigenvalue weighted by Crippen LogP contribution is -2.61. The predicted molar refractivity (Wildman–Crippen MR) is 95.6 cm³/mol. The van der Waals surface area contributed by atoms with Crippen LogP contribution in [0.1, 0.15) is 26.2 Å². The Bertz CT molecular complexity index is 532. The number of anilines is 2. The van der Waals surface area contributed by atoms with Gasteiger partial charge in [-0.25, -0.2) is 0 Å². The van der Waals surface area contributed by atoms with E-state index >= 15 is 0 Å². The molecule has 1 amide bonds. The number of hydrogen-bond donors (Lipinski definition) is 2. The van der Waals surface area contributed by atoms with Gasteiger partial charge in [0.1, 0.15) is 5.54 Å². The second-order valence-electron chi connectivity index (χ2n) is 6.04. The minimum Gasteiger partial charge on any atom is -0.380 e. The standard InChI is InChI=1S/C17H25N3O2.ClH/c1-2-12-22-13-11-20-15-6-4-3-5-14(15)19-17(16(20)21)7-9-18-10-8-17;/h3-6,18-19H,2,7-13H2,1H3;1H. The molecule has 1 fully saturated rings. The van der Waals surface area contributed by atoms with Crippen molar-refractivity contribution in [2.45, 2.75) is 31.7 Å². The number of ether oxygens (including phenoxy) is 1. The van der Waals surface area contributed by atoms with Crippen molar-refractivity contribution < 1.29 is 9.53 Å². The van der Waals surface area contributed by atoms with E-state index in [9.17, 15) is 4.79 Å². The molecular formula is C17H26ClN3O2. The number of rotatable bonds is 5. The largest absolute Gasteiger partial charge is 0.380 e. The normalized spacial score (nSPS) is 19.0. The molecule has 0 aliphatic carbocycles. The zero-order chi connectivity index (χ0) is 15.4. The number of fused-ring (bicyclic) bond motifs is 1. The van der Waals surface area contributed by atoms with E-state index in [2.05, 4.69) is 23.6 Å². The van der Waals surface area contributed by atoms with E-state index in [0.717, 1.165) is 50.3 Å². The maximum atomic E-state index is 13.1. The fraction of sp³-hybridized carbons (Fsp3) is 0.588. The minimum atomic E-state index is -0.454. The van der Waals surface area contributed by atoms with Gasteiger partial charge in [0.15, 0.2) is 0 Å². The molecular weight excluding hydrogens is 314 g/mol. The van der Waals surface area contributed by atoms with E-state index in [0.29, 0.717) is 13.2 Å². The third-order valence-electron chi connectivity index (χ3n) is 4.49. The smallest absolute Gasteiger partial charge is 0.252 e. The molecule has 2 aliphatic rings. The first-order valence-electron chi connectivity index (χ1n) is 8.24. The number of hydrogen-bond acceptors (Lipinski definition) is 4. The molecule has 0 unspecified atom stereocenters. The van der Waals surface area contributed by atoms with E-state index in [-0.39, 0.29) is 18.3 Å². The van der Waals surface area contributed by atoms with Crippen molar-refractivity contribution in [3.05, 3.63) is 24.3 Å². The van der Waals surface area contributed by atoms with Crippen LogP contribution in [0.3, 0.4) is 0 Å². The number of piperidine rings is 1. The van der Waals surface area contributed by atoms with Crippen LogP contribution in [0.4, 0.5) is 11.4 Å². The maximum Gasteiger partial charge on any atom is 0.252 e. The molecule has 1 saturated heterocycles. The fourth-order valence-corrected chi connectivity index (χ4v) is 3.31. The van der Waals surface area contributed by atoms with Crippen molar-refractivity contribution in [2.75, 3.05) is 43.1 Å². The Kier molecular flexibility index (Phi) is 6.27. The zero-order valence-corrected chi connectivity index (χ0v) is 14.5. The van der Waals surface area contributed by atoms with Crippen molar-refractivity contribution in [3.63, 3.8) is 0 Å². The summed E-state index contributed by atoms with van der Waals surface area (Å²) in [4.78, 5) is 15.0. The van der Waals surface area contributed by atoms with Crippen LogP contribution >= 0.6 is 12.4 Å². The Labute approximate surface area is 144 Å². The van der Waals surface area contributed by atoms with Crippen LogP contribution in [-0.2, 0) is 9.53 Å². The van der Waals surface area contributed by atoms with Gasteiger partial charge in [-0.2, -0.15) is 0 Å². The van der Waals surface area contributed by atoms with Gasteiger partial charge < -0.3 is 20.3 Å². The molecule has 1 spiro atoms. The van der Waals surface area contributed by atoms with Gasteiger partial charge in [-0.3, -0.25) is 4.79 Å². The van der Waals surface area contributed by atoms with Crippen molar-refractivity contribution in [3.8, 4) is 0 Å². The van der Waals surface area contributed by atoms with Crippen LogP contribution in [-0.4, -0.2) is 44.3 Å². The van der Waals surface area contributed by atoms with Gasteiger partial charge in [-0.15, -0.1) is 12.4 Å². The van der Waals surface area contributed by atoms with Crippen LogP contribution < -0.4 is 15.5 Å². The average molecular weight is 340 g/mol. The van der Waals surface area contributed by atoms with Crippen molar-refractivity contribution >= 4 is 29.7 Å². The van der Waals surface area contributed by atoms with Crippen LogP contribution in [0.15, 0.2) is 24.3 Å². The summed E-state index contributed by atoms with van der Waals surface area (Å²) in [5.74, 6) is 0.188. The number of nitrogens with one attached hydrogen (secondary N) is 2. The van der Waals surface area contributed by atoms with Gasteiger partial charge in [0.05, 0.1) is 18.0 Å². The van der Waals surface area contributed by atoms with Gasteiger partial charge >= 0.3 is 0 Å². The fourth-order valence-electron chi connectivity index (χ4n) is 3.31. The highest BCUT2D eigenvalue weighted by Crippen LogP contribution is 2.38. The highest BCUT2D eigenvalue weighted by atomic mass is 35.5. The third-order valence-corrected chi connectivity index (χ3v) is 4.49. The lowest BCUT2D eigenvalue weighted by Gasteiger charge is -2.45. The molecule has 2 heterocycles. The Balaban J connectivity index is 0.00000192. The lowest BCUT2D eigenvalue weighted by atomic mass is 9.84. The average Bonchev–Trinajstić information content (AvgIpc) is 2.55. The van der Waals surface area contributed by atoms with E-state index in [1.807, 2.05) is 23.1 Å². The SMILES string of the molecule is CCCOCCN1C(=O)C2(CCNCC2)Nc2ccccc21.Cl. The summed E-state index contributed by atoms with van der Waals surface area (Å²) in [5.41, 5.74) is 1.57. The van der Waals surface area contributed by atoms with Crippen LogP contribution in [0.25, 0.3) is 0 Å². The summed E-state index contributed by atoms with van der Waals surface area (Å²) < 4.78 is 5.60. The number of carbonyl (C=O) groups is 1. The van der Waals surface area contributed by atoms with Crippen molar-refractivity contribution in [1.29, 1.82) is 0 Å². The second kappa shape index (κ2) is 7.99. The quantitative estimate of drug-likeness (QED) is 0.809. The molecule has 2 aliphatic heterocycles. The van der Waals surface area contributed by atoms with Crippen LogP contribution in [0, 0.1) is 0 Å². The molecule has 0 saturated carbocycles. The molecule has 1 aromatic rings. The van der Waals surface area contributed by atoms with E-state index in [1.54, 1.807) is 0 Å². The Morgan fingerprint density at radius 2 is 1.96 bits per heavy atom. The summed E-state index contributed by atoms with van der Waals surface area (Å²) in [5, 5.41) is 6.86. The number of nitrogens with zero attached hydrogens (tertiary/aromatic N) is 1. The molecule has 5 nitrogen and oxygen atoms in total. The molecule has 6 heteroatoms. The highest BCUT2D eigenvalue weighted by molar-refractivity contribution is 6.08. The second-order valence-corrected chi connectivity index (χ2v) is 6.04. The van der Waals surface area contributed by atoms with E-state index in [4.69, 9.17) is 4.74 Å². The molecule has 3 rings (SSSR count). The molecule has 0 atom stereocenters. The summed E-state index contributed by atoms with van der Waals surface area (Å²) in [6.07, 6.45) is 2.65. The van der Waals surface area contributed by atoms with Gasteiger partial charge in [-0.1, -0.05) is 19.1 Å². The maximum absolute atomic E-state index is 13.1. The molecule has 23 heavy (non-hydrogen) atoms. The van der Waals surface area contributed by atoms with E-state index in [1.165, 1.54) is 0 Å². The Morgan fingerprint density at radius 3 is 2.70 bits per heavy atom. The Morgan fingerprint density at radius 1 is 1.22 bits per heavy atom. The van der Waals surface area contributed by atoms with Crippen molar-refractivity contribution in [2.24, 2.45) is 0 Å². The van der Waals surface area contributed by atoms with E-state index < -0.39 is 5.54 Å². The monoisotopic (exact) mass is 339 g/mol. The lowest BCUT2D eigenvalue weighted by molar-refractivity contribution is -0.124.